The summed E-state index contributed by atoms with van der Waals surface area (Å²) < 4.78 is 5.84. The molecular formula is C11H20O2Si2. The molecule has 0 aromatic heterocycles. The van der Waals surface area contributed by atoms with E-state index in [1.54, 1.807) is 0 Å². The van der Waals surface area contributed by atoms with Crippen LogP contribution in [0.2, 0.25) is 32.7 Å². The lowest BCUT2D eigenvalue weighted by atomic mass is 10.3. The van der Waals surface area contributed by atoms with Crippen LogP contribution in [0.25, 0.3) is 0 Å². The first kappa shape index (κ1) is 12.5. The van der Waals surface area contributed by atoms with Crippen molar-refractivity contribution >= 4 is 21.8 Å². The fraction of sp³-hybridized carbons (Fsp3) is 0.455. The molecule has 0 atom stereocenters. The van der Waals surface area contributed by atoms with E-state index in [-0.39, 0.29) is 0 Å². The summed E-state index contributed by atoms with van der Waals surface area (Å²) in [6, 6.07) is 7.86. The summed E-state index contributed by atoms with van der Waals surface area (Å²) >= 11 is 0. The van der Waals surface area contributed by atoms with E-state index in [9.17, 15) is 4.80 Å². The Labute approximate surface area is 94.2 Å². The van der Waals surface area contributed by atoms with Crippen LogP contribution in [0, 0.1) is 0 Å². The lowest BCUT2D eigenvalue weighted by Gasteiger charge is -2.20. The molecule has 1 rings (SSSR count). The van der Waals surface area contributed by atoms with Gasteiger partial charge in [-0.1, -0.05) is 12.1 Å². The smallest absolute Gasteiger partial charge is 0.242 e. The van der Waals surface area contributed by atoms with Crippen LogP contribution >= 0.6 is 0 Å². The Balaban J connectivity index is 2.82. The van der Waals surface area contributed by atoms with Gasteiger partial charge in [-0.2, -0.15) is 0 Å². The molecule has 1 N–H and O–H groups in total. The monoisotopic (exact) mass is 240 g/mol. The molecule has 0 aliphatic rings. The SMILES string of the molecule is C[Si](C)(C)Oc1ccc([Si](C)(C)O)cc1. The summed E-state index contributed by atoms with van der Waals surface area (Å²) in [4.78, 5) is 9.92. The molecule has 0 saturated heterocycles. The van der Waals surface area contributed by atoms with Gasteiger partial charge in [-0.25, -0.2) is 0 Å². The second-order valence-electron chi connectivity index (χ2n) is 5.30. The topological polar surface area (TPSA) is 29.5 Å². The van der Waals surface area contributed by atoms with Gasteiger partial charge in [0.15, 0.2) is 0 Å². The number of rotatable bonds is 3. The number of benzene rings is 1. The fourth-order valence-corrected chi connectivity index (χ4v) is 3.11. The largest absolute Gasteiger partial charge is 0.544 e. The van der Waals surface area contributed by atoms with Crippen molar-refractivity contribution < 1.29 is 9.22 Å². The molecule has 0 spiro atoms. The molecule has 15 heavy (non-hydrogen) atoms. The standard InChI is InChI=1S/C11H20O2Si2/c1-14(2,3)13-10-6-8-11(9-7-10)15(4,5)12/h6-9,12H,1-5H3. The molecule has 4 heteroatoms. The molecule has 0 heterocycles. The third-order valence-electron chi connectivity index (χ3n) is 1.98. The van der Waals surface area contributed by atoms with Crippen molar-refractivity contribution in [2.75, 3.05) is 0 Å². The second-order valence-corrected chi connectivity index (χ2v) is 13.4. The van der Waals surface area contributed by atoms with E-state index >= 15 is 0 Å². The summed E-state index contributed by atoms with van der Waals surface area (Å²) in [5.74, 6) is 0.913. The Morgan fingerprint density at radius 1 is 0.933 bits per heavy atom. The van der Waals surface area contributed by atoms with Gasteiger partial charge < -0.3 is 9.22 Å². The van der Waals surface area contributed by atoms with E-state index in [0.29, 0.717) is 0 Å². The molecule has 0 unspecified atom stereocenters. The van der Waals surface area contributed by atoms with Crippen LogP contribution in [0.3, 0.4) is 0 Å². The Bertz CT molecular complexity index is 320. The van der Waals surface area contributed by atoms with Gasteiger partial charge in [0, 0.05) is 0 Å². The van der Waals surface area contributed by atoms with Gasteiger partial charge in [0.05, 0.1) is 0 Å². The van der Waals surface area contributed by atoms with Crippen LogP contribution in [-0.2, 0) is 0 Å². The summed E-state index contributed by atoms with van der Waals surface area (Å²) in [7, 11) is -3.67. The third-order valence-corrected chi connectivity index (χ3v) is 4.58. The van der Waals surface area contributed by atoms with E-state index in [1.807, 2.05) is 37.4 Å². The van der Waals surface area contributed by atoms with Crippen molar-refractivity contribution in [3.8, 4) is 5.75 Å². The Hall–Kier alpha value is -0.586. The average molecular weight is 240 g/mol. The van der Waals surface area contributed by atoms with Crippen molar-refractivity contribution in [1.82, 2.24) is 0 Å². The molecule has 84 valence electrons. The van der Waals surface area contributed by atoms with Crippen molar-refractivity contribution in [2.24, 2.45) is 0 Å². The van der Waals surface area contributed by atoms with Gasteiger partial charge in [0.1, 0.15) is 5.75 Å². The maximum absolute atomic E-state index is 9.92. The maximum atomic E-state index is 9.92. The fourth-order valence-electron chi connectivity index (χ4n) is 1.28. The van der Waals surface area contributed by atoms with E-state index in [4.69, 9.17) is 4.43 Å². The summed E-state index contributed by atoms with van der Waals surface area (Å²) in [5.41, 5.74) is 0. The lowest BCUT2D eigenvalue weighted by Crippen LogP contribution is -2.41. The minimum Gasteiger partial charge on any atom is -0.544 e. The third kappa shape index (κ3) is 4.19. The molecule has 1 aromatic rings. The zero-order valence-electron chi connectivity index (χ0n) is 10.2. The lowest BCUT2D eigenvalue weighted by molar-refractivity contribution is 0.557. The van der Waals surface area contributed by atoms with E-state index in [2.05, 4.69) is 19.6 Å². The number of hydrogen-bond acceptors (Lipinski definition) is 2. The van der Waals surface area contributed by atoms with Gasteiger partial charge >= 0.3 is 0 Å². The molecule has 0 radical (unpaired) electrons. The van der Waals surface area contributed by atoms with Crippen LogP contribution < -0.4 is 9.61 Å². The highest BCUT2D eigenvalue weighted by atomic mass is 28.4. The maximum Gasteiger partial charge on any atom is 0.242 e. The molecule has 0 aliphatic carbocycles. The normalized spacial score (nSPS) is 12.7. The molecular weight excluding hydrogens is 220 g/mol. The average Bonchev–Trinajstić information content (AvgIpc) is 2.00. The summed E-state index contributed by atoms with van der Waals surface area (Å²) in [6.07, 6.45) is 0. The Morgan fingerprint density at radius 3 is 1.73 bits per heavy atom. The Kier molecular flexibility index (Phi) is 3.42. The second kappa shape index (κ2) is 4.11. The van der Waals surface area contributed by atoms with Crippen LogP contribution in [0.5, 0.6) is 5.75 Å². The first-order valence-electron chi connectivity index (χ1n) is 5.20. The molecule has 0 fully saturated rings. The summed E-state index contributed by atoms with van der Waals surface area (Å²) in [5, 5.41) is 1.05. The van der Waals surface area contributed by atoms with Gasteiger partial charge in [0.2, 0.25) is 16.6 Å². The van der Waals surface area contributed by atoms with Gasteiger partial charge in [-0.15, -0.1) is 0 Å². The molecule has 0 saturated carbocycles. The minimum absolute atomic E-state index is 0.913. The molecule has 0 amide bonds. The highest BCUT2D eigenvalue weighted by Gasteiger charge is 2.20. The van der Waals surface area contributed by atoms with Gasteiger partial charge in [-0.05, 0) is 50.1 Å². The zero-order valence-corrected chi connectivity index (χ0v) is 12.2. The van der Waals surface area contributed by atoms with Crippen LogP contribution in [0.1, 0.15) is 0 Å². The quantitative estimate of drug-likeness (QED) is 0.822. The zero-order chi connectivity index (χ0) is 11.7. The first-order valence-corrected chi connectivity index (χ1v) is 11.6. The van der Waals surface area contributed by atoms with Crippen LogP contribution in [0.15, 0.2) is 24.3 Å². The predicted octanol–water partition coefficient (Wildman–Crippen LogP) is 2.30. The van der Waals surface area contributed by atoms with Crippen molar-refractivity contribution in [2.45, 2.75) is 32.7 Å². The highest BCUT2D eigenvalue weighted by Crippen LogP contribution is 2.15. The first-order chi connectivity index (χ1) is 6.68. The molecule has 0 aliphatic heterocycles. The Morgan fingerprint density at radius 2 is 1.40 bits per heavy atom. The molecule has 1 aromatic carbocycles. The van der Waals surface area contributed by atoms with Crippen molar-refractivity contribution in [3.05, 3.63) is 24.3 Å². The van der Waals surface area contributed by atoms with Gasteiger partial charge in [0.25, 0.3) is 0 Å². The van der Waals surface area contributed by atoms with E-state index < -0.39 is 16.6 Å². The van der Waals surface area contributed by atoms with Crippen LogP contribution in [0.4, 0.5) is 0 Å². The van der Waals surface area contributed by atoms with Gasteiger partial charge in [-0.3, -0.25) is 0 Å². The minimum atomic E-state index is -2.16. The van der Waals surface area contributed by atoms with Crippen molar-refractivity contribution in [3.63, 3.8) is 0 Å². The van der Waals surface area contributed by atoms with Crippen molar-refractivity contribution in [1.29, 1.82) is 0 Å². The van der Waals surface area contributed by atoms with E-state index in [1.165, 1.54) is 0 Å². The summed E-state index contributed by atoms with van der Waals surface area (Å²) in [6.45, 7) is 10.3. The highest BCUT2D eigenvalue weighted by molar-refractivity contribution is 6.83. The molecule has 2 nitrogen and oxygen atoms in total. The predicted molar refractivity (Wildman–Crippen MR) is 69.8 cm³/mol. The number of hydrogen-bond donors (Lipinski definition) is 1. The van der Waals surface area contributed by atoms with Crippen LogP contribution in [-0.4, -0.2) is 21.4 Å². The van der Waals surface area contributed by atoms with E-state index in [0.717, 1.165) is 10.9 Å². The molecule has 0 bridgehead atoms.